The van der Waals surface area contributed by atoms with Crippen LogP contribution in [0.1, 0.15) is 72.9 Å². The van der Waals surface area contributed by atoms with E-state index in [0.29, 0.717) is 43.8 Å². The third kappa shape index (κ3) is 4.85. The fourth-order valence-electron chi connectivity index (χ4n) is 5.82. The molecule has 0 spiro atoms. The number of fused-ring (bicyclic) bond motifs is 1. The van der Waals surface area contributed by atoms with E-state index in [4.69, 9.17) is 4.74 Å². The average Bonchev–Trinajstić information content (AvgIpc) is 3.12. The van der Waals surface area contributed by atoms with Crippen LogP contribution in [0.3, 0.4) is 0 Å². The molecule has 7 heteroatoms. The maximum absolute atomic E-state index is 13.5. The Morgan fingerprint density at radius 1 is 1.15 bits per heavy atom. The van der Waals surface area contributed by atoms with E-state index in [9.17, 15) is 14.0 Å². The van der Waals surface area contributed by atoms with Gasteiger partial charge in [-0.25, -0.2) is 4.39 Å². The lowest BCUT2D eigenvalue weighted by molar-refractivity contribution is -0.126. The standard InChI is InChI=1S/C26H34FN3O3/c1-16-4-11-23(25(31)28-16)30-15-18-13-17(5-10-21(18)26(30)32)14-24-22(3-2-12-33-24)29-20-8-6-19(27)7-9-20/h5,10,13,19-20,22-24,29H,1-4,6-9,11-12,14-15H2,(H,28,31)/t19?,20?,22-,23?,24+/m0/s1. The van der Waals surface area contributed by atoms with Crippen LogP contribution in [0.2, 0.25) is 0 Å². The highest BCUT2D eigenvalue weighted by molar-refractivity contribution is 6.01. The Bertz CT molecular complexity index is 927. The van der Waals surface area contributed by atoms with Gasteiger partial charge in [-0.3, -0.25) is 9.59 Å². The summed E-state index contributed by atoms with van der Waals surface area (Å²) < 4.78 is 19.7. The number of rotatable bonds is 5. The first-order valence-corrected chi connectivity index (χ1v) is 12.4. The fourth-order valence-corrected chi connectivity index (χ4v) is 5.82. The number of nitrogens with one attached hydrogen (secondary N) is 2. The monoisotopic (exact) mass is 455 g/mol. The van der Waals surface area contributed by atoms with Gasteiger partial charge in [-0.1, -0.05) is 18.7 Å². The normalized spacial score (nSPS) is 32.6. The molecule has 3 fully saturated rings. The van der Waals surface area contributed by atoms with E-state index in [2.05, 4.69) is 23.3 Å². The van der Waals surface area contributed by atoms with Crippen LogP contribution in [0.5, 0.6) is 0 Å². The summed E-state index contributed by atoms with van der Waals surface area (Å²) in [6, 6.07) is 6.23. The number of carbonyl (C=O) groups is 2. The Hall–Kier alpha value is -2.25. The molecule has 0 radical (unpaired) electrons. The van der Waals surface area contributed by atoms with Crippen molar-refractivity contribution in [2.75, 3.05) is 6.61 Å². The molecule has 3 atom stereocenters. The van der Waals surface area contributed by atoms with Crippen molar-refractivity contribution in [1.82, 2.24) is 15.5 Å². The fraction of sp³-hybridized carbons (Fsp3) is 0.615. The molecule has 0 bridgehead atoms. The van der Waals surface area contributed by atoms with Crippen molar-refractivity contribution in [1.29, 1.82) is 0 Å². The van der Waals surface area contributed by atoms with Gasteiger partial charge in [0.05, 0.1) is 6.10 Å². The van der Waals surface area contributed by atoms with Crippen LogP contribution in [0.15, 0.2) is 30.5 Å². The quantitative estimate of drug-likeness (QED) is 0.714. The Labute approximate surface area is 194 Å². The van der Waals surface area contributed by atoms with E-state index < -0.39 is 12.2 Å². The lowest BCUT2D eigenvalue weighted by atomic mass is 9.90. The minimum atomic E-state index is -0.645. The number of ether oxygens (including phenoxy) is 1. The van der Waals surface area contributed by atoms with E-state index in [1.165, 1.54) is 0 Å². The van der Waals surface area contributed by atoms with Crippen molar-refractivity contribution < 1.29 is 18.7 Å². The molecule has 2 amide bonds. The van der Waals surface area contributed by atoms with Crippen LogP contribution in [-0.4, -0.2) is 53.7 Å². The molecule has 0 aromatic heterocycles. The maximum Gasteiger partial charge on any atom is 0.255 e. The Morgan fingerprint density at radius 3 is 2.76 bits per heavy atom. The third-order valence-electron chi connectivity index (χ3n) is 7.68. The van der Waals surface area contributed by atoms with Crippen LogP contribution in [0, 0.1) is 0 Å². The van der Waals surface area contributed by atoms with Gasteiger partial charge in [-0.05, 0) is 68.6 Å². The summed E-state index contributed by atoms with van der Waals surface area (Å²) in [6.07, 6.45) is 6.71. The van der Waals surface area contributed by atoms with Crippen molar-refractivity contribution in [2.45, 2.75) is 94.7 Å². The second kappa shape index (κ2) is 9.55. The van der Waals surface area contributed by atoms with E-state index in [1.54, 1.807) is 4.90 Å². The highest BCUT2D eigenvalue weighted by atomic mass is 19.1. The summed E-state index contributed by atoms with van der Waals surface area (Å²) in [5, 5.41) is 6.55. The Balaban J connectivity index is 1.24. The second-order valence-electron chi connectivity index (χ2n) is 10.0. The van der Waals surface area contributed by atoms with Gasteiger partial charge in [0.15, 0.2) is 0 Å². The molecule has 6 nitrogen and oxygen atoms in total. The largest absolute Gasteiger partial charge is 0.376 e. The first-order chi connectivity index (χ1) is 16.0. The van der Waals surface area contributed by atoms with Gasteiger partial charge in [-0.2, -0.15) is 0 Å². The van der Waals surface area contributed by atoms with Gasteiger partial charge >= 0.3 is 0 Å². The number of allylic oxidation sites excluding steroid dienone is 1. The zero-order valence-corrected chi connectivity index (χ0v) is 19.2. The van der Waals surface area contributed by atoms with Gasteiger partial charge in [0.1, 0.15) is 12.2 Å². The number of benzene rings is 1. The smallest absolute Gasteiger partial charge is 0.255 e. The molecule has 4 aliphatic rings. The summed E-state index contributed by atoms with van der Waals surface area (Å²) in [7, 11) is 0. The number of carbonyl (C=O) groups excluding carboxylic acids is 2. The number of nitrogens with zero attached hydrogens (tertiary/aromatic N) is 1. The molecule has 178 valence electrons. The first kappa shape index (κ1) is 22.5. The summed E-state index contributed by atoms with van der Waals surface area (Å²) in [5.74, 6) is -0.208. The zero-order valence-electron chi connectivity index (χ0n) is 19.2. The van der Waals surface area contributed by atoms with Gasteiger partial charge in [0.2, 0.25) is 5.91 Å². The Kier molecular flexibility index (Phi) is 6.52. The number of hydrogen-bond acceptors (Lipinski definition) is 4. The van der Waals surface area contributed by atoms with E-state index in [0.717, 1.165) is 55.5 Å². The van der Waals surface area contributed by atoms with Crippen molar-refractivity contribution >= 4 is 11.8 Å². The highest BCUT2D eigenvalue weighted by Crippen LogP contribution is 2.30. The lowest BCUT2D eigenvalue weighted by Crippen LogP contribution is -2.50. The number of piperidine rings is 1. The molecule has 1 aromatic carbocycles. The van der Waals surface area contributed by atoms with Crippen molar-refractivity contribution in [3.8, 4) is 0 Å². The van der Waals surface area contributed by atoms with Gasteiger partial charge in [0.25, 0.3) is 5.91 Å². The lowest BCUT2D eigenvalue weighted by Gasteiger charge is -2.37. The summed E-state index contributed by atoms with van der Waals surface area (Å²) in [4.78, 5) is 27.1. The molecule has 1 saturated carbocycles. The van der Waals surface area contributed by atoms with Crippen LogP contribution in [0.25, 0.3) is 0 Å². The SMILES string of the molecule is C=C1CCC(N2Cc3cc(C[C@H]4OCCC[C@@H]4NC4CCC(F)CC4)ccc3C2=O)C(=O)N1. The molecule has 1 aromatic rings. The molecule has 1 unspecified atom stereocenters. The van der Waals surface area contributed by atoms with Crippen LogP contribution >= 0.6 is 0 Å². The van der Waals surface area contributed by atoms with Gasteiger partial charge in [-0.15, -0.1) is 0 Å². The first-order valence-electron chi connectivity index (χ1n) is 12.4. The predicted molar refractivity (Wildman–Crippen MR) is 123 cm³/mol. The van der Waals surface area contributed by atoms with Crippen molar-refractivity contribution in [3.05, 3.63) is 47.2 Å². The molecular formula is C26H34FN3O3. The van der Waals surface area contributed by atoms with Gasteiger partial charge in [0, 0.05) is 42.9 Å². The van der Waals surface area contributed by atoms with Gasteiger partial charge < -0.3 is 20.3 Å². The van der Waals surface area contributed by atoms with E-state index in [1.807, 2.05) is 12.1 Å². The number of alkyl halides is 1. The van der Waals surface area contributed by atoms with Crippen molar-refractivity contribution in [2.24, 2.45) is 0 Å². The van der Waals surface area contributed by atoms with Crippen molar-refractivity contribution in [3.63, 3.8) is 0 Å². The molecule has 33 heavy (non-hydrogen) atoms. The molecule has 5 rings (SSSR count). The Morgan fingerprint density at radius 2 is 1.97 bits per heavy atom. The highest BCUT2D eigenvalue weighted by Gasteiger charge is 2.38. The minimum Gasteiger partial charge on any atom is -0.376 e. The topological polar surface area (TPSA) is 70.7 Å². The van der Waals surface area contributed by atoms with Crippen LogP contribution in [-0.2, 0) is 22.5 Å². The summed E-state index contributed by atoms with van der Waals surface area (Å²) >= 11 is 0. The minimum absolute atomic E-state index is 0.0684. The third-order valence-corrected chi connectivity index (χ3v) is 7.68. The number of hydrogen-bond donors (Lipinski definition) is 2. The van der Waals surface area contributed by atoms with Crippen LogP contribution in [0.4, 0.5) is 4.39 Å². The predicted octanol–water partition coefficient (Wildman–Crippen LogP) is 3.40. The summed E-state index contributed by atoms with van der Waals surface area (Å²) in [5.41, 5.74) is 3.54. The second-order valence-corrected chi connectivity index (χ2v) is 10.0. The van der Waals surface area contributed by atoms with E-state index in [-0.39, 0.29) is 24.0 Å². The zero-order chi connectivity index (χ0) is 22.9. The molecule has 3 aliphatic heterocycles. The summed E-state index contributed by atoms with van der Waals surface area (Å²) in [6.45, 7) is 5.06. The molecule has 1 aliphatic carbocycles. The number of amides is 2. The average molecular weight is 456 g/mol. The molecule has 2 N–H and O–H groups in total. The molecular weight excluding hydrogens is 421 g/mol. The molecule has 3 heterocycles. The number of halogens is 1. The molecule has 2 saturated heterocycles. The van der Waals surface area contributed by atoms with E-state index >= 15 is 0 Å². The maximum atomic E-state index is 13.5. The van der Waals surface area contributed by atoms with Crippen LogP contribution < -0.4 is 10.6 Å².